The number of aromatic nitrogens is 4. The molecular weight excluding hydrogens is 453 g/mol. The van der Waals surface area contributed by atoms with Crippen LogP contribution in [-0.4, -0.2) is 25.5 Å². The average Bonchev–Trinajstić information content (AvgIpc) is 3.12. The second-order valence-electron chi connectivity index (χ2n) is 6.18. The minimum Gasteiger partial charge on any atom is -0.309 e. The van der Waals surface area contributed by atoms with E-state index in [1.807, 2.05) is 36.7 Å². The summed E-state index contributed by atoms with van der Waals surface area (Å²) >= 11 is 15.4. The Kier molecular flexibility index (Phi) is 6.24. The Morgan fingerprint density at radius 3 is 2.63 bits per heavy atom. The van der Waals surface area contributed by atoms with Gasteiger partial charge in [-0.3, -0.25) is 14.2 Å². The Hall–Kier alpha value is -1.83. The van der Waals surface area contributed by atoms with Gasteiger partial charge in [0.15, 0.2) is 5.82 Å². The molecule has 0 bridgehead atoms. The van der Waals surface area contributed by atoms with Crippen molar-refractivity contribution in [3.05, 3.63) is 61.9 Å². The maximum absolute atomic E-state index is 12.2. The number of nitrogens with zero attached hydrogens (tertiary/aromatic N) is 4. The molecule has 1 N–H and O–H groups in total. The first-order valence-electron chi connectivity index (χ1n) is 8.29. The molecule has 0 spiro atoms. The third-order valence-electron chi connectivity index (χ3n) is 4.16. The summed E-state index contributed by atoms with van der Waals surface area (Å²) in [6, 6.07) is 7.31. The van der Waals surface area contributed by atoms with Gasteiger partial charge in [-0.05, 0) is 47.5 Å². The molecule has 0 saturated carbocycles. The van der Waals surface area contributed by atoms with Crippen molar-refractivity contribution >= 4 is 50.9 Å². The zero-order valence-electron chi connectivity index (χ0n) is 14.8. The smallest absolute Gasteiger partial charge is 0.227 e. The molecule has 9 heteroatoms. The molecule has 0 unspecified atom stereocenters. The van der Waals surface area contributed by atoms with Gasteiger partial charge >= 0.3 is 0 Å². The molecule has 3 aromatic rings. The third-order valence-corrected chi connectivity index (χ3v) is 5.68. The SMILES string of the molecule is Cc1cc(NC(=O)CCn2ncc(Br)c2C)nn1Cc1ccc(Cl)c(Cl)c1. The molecular formula is C18H18BrCl2N5O. The van der Waals surface area contributed by atoms with Crippen molar-refractivity contribution in [2.24, 2.45) is 0 Å². The number of rotatable bonds is 6. The highest BCUT2D eigenvalue weighted by atomic mass is 79.9. The number of aryl methyl sites for hydroxylation is 2. The highest BCUT2D eigenvalue weighted by molar-refractivity contribution is 9.10. The van der Waals surface area contributed by atoms with Crippen LogP contribution in [0, 0.1) is 13.8 Å². The average molecular weight is 471 g/mol. The van der Waals surface area contributed by atoms with Gasteiger partial charge in [0, 0.05) is 23.9 Å². The van der Waals surface area contributed by atoms with Crippen LogP contribution in [0.15, 0.2) is 34.9 Å². The molecule has 27 heavy (non-hydrogen) atoms. The maximum atomic E-state index is 12.2. The largest absolute Gasteiger partial charge is 0.309 e. The fourth-order valence-corrected chi connectivity index (χ4v) is 3.22. The molecule has 0 aliphatic carbocycles. The zero-order valence-corrected chi connectivity index (χ0v) is 17.9. The van der Waals surface area contributed by atoms with Crippen molar-refractivity contribution in [1.82, 2.24) is 19.6 Å². The fourth-order valence-electron chi connectivity index (χ4n) is 2.60. The monoisotopic (exact) mass is 469 g/mol. The minimum absolute atomic E-state index is 0.111. The summed E-state index contributed by atoms with van der Waals surface area (Å²) in [6.45, 7) is 4.93. The van der Waals surface area contributed by atoms with Crippen molar-refractivity contribution in [3.8, 4) is 0 Å². The summed E-state index contributed by atoms with van der Waals surface area (Å²) in [5.74, 6) is 0.413. The van der Waals surface area contributed by atoms with Crippen molar-refractivity contribution in [3.63, 3.8) is 0 Å². The van der Waals surface area contributed by atoms with Gasteiger partial charge in [0.1, 0.15) is 0 Å². The van der Waals surface area contributed by atoms with Crippen LogP contribution in [0.4, 0.5) is 5.82 Å². The highest BCUT2D eigenvalue weighted by Gasteiger charge is 2.11. The van der Waals surface area contributed by atoms with Gasteiger partial charge in [0.25, 0.3) is 0 Å². The van der Waals surface area contributed by atoms with Crippen LogP contribution in [0.5, 0.6) is 0 Å². The molecule has 0 fully saturated rings. The summed E-state index contributed by atoms with van der Waals surface area (Å²) in [5.41, 5.74) is 2.90. The molecule has 0 atom stereocenters. The normalized spacial score (nSPS) is 11.0. The number of carbonyl (C=O) groups excluding carboxylic acids is 1. The lowest BCUT2D eigenvalue weighted by atomic mass is 10.2. The Balaban J connectivity index is 1.61. The van der Waals surface area contributed by atoms with Crippen LogP contribution in [0.3, 0.4) is 0 Å². The first kappa shape index (κ1) is 19.9. The van der Waals surface area contributed by atoms with Gasteiger partial charge in [-0.25, -0.2) is 0 Å². The fraction of sp³-hybridized carbons (Fsp3) is 0.278. The number of hydrogen-bond acceptors (Lipinski definition) is 3. The molecule has 6 nitrogen and oxygen atoms in total. The molecule has 2 heterocycles. The van der Waals surface area contributed by atoms with Crippen LogP contribution >= 0.6 is 39.1 Å². The van der Waals surface area contributed by atoms with Gasteiger partial charge < -0.3 is 5.32 Å². The number of nitrogens with one attached hydrogen (secondary N) is 1. The topological polar surface area (TPSA) is 64.7 Å². The second kappa shape index (κ2) is 8.46. The lowest BCUT2D eigenvalue weighted by Gasteiger charge is -2.06. The standard InChI is InChI=1S/C18H18BrCl2N5O/c1-11-7-17(23-18(27)5-6-25-12(2)14(19)9-22-25)24-26(11)10-13-3-4-15(20)16(21)8-13/h3-4,7-9H,5-6,10H2,1-2H3,(H,23,24,27). The third kappa shape index (κ3) is 4.91. The molecule has 3 rings (SSSR count). The highest BCUT2D eigenvalue weighted by Crippen LogP contribution is 2.23. The van der Waals surface area contributed by atoms with Gasteiger partial charge in [-0.1, -0.05) is 29.3 Å². The summed E-state index contributed by atoms with van der Waals surface area (Å²) in [4.78, 5) is 12.2. The van der Waals surface area contributed by atoms with E-state index in [-0.39, 0.29) is 5.91 Å². The Morgan fingerprint density at radius 1 is 1.19 bits per heavy atom. The van der Waals surface area contributed by atoms with Crippen molar-refractivity contribution in [1.29, 1.82) is 0 Å². The van der Waals surface area contributed by atoms with E-state index in [4.69, 9.17) is 23.2 Å². The molecule has 142 valence electrons. The first-order chi connectivity index (χ1) is 12.8. The zero-order chi connectivity index (χ0) is 19.6. The Morgan fingerprint density at radius 2 is 1.96 bits per heavy atom. The van der Waals surface area contributed by atoms with E-state index >= 15 is 0 Å². The second-order valence-corrected chi connectivity index (χ2v) is 7.85. The van der Waals surface area contributed by atoms with Gasteiger partial charge in [-0.2, -0.15) is 10.2 Å². The van der Waals surface area contributed by atoms with Gasteiger partial charge in [0.05, 0.1) is 33.8 Å². The molecule has 0 aliphatic rings. The van der Waals surface area contributed by atoms with Crippen molar-refractivity contribution in [2.45, 2.75) is 33.4 Å². The summed E-state index contributed by atoms with van der Waals surface area (Å²) in [5, 5.41) is 12.5. The minimum atomic E-state index is -0.111. The lowest BCUT2D eigenvalue weighted by molar-refractivity contribution is -0.116. The lowest BCUT2D eigenvalue weighted by Crippen LogP contribution is -2.16. The molecule has 0 saturated heterocycles. The number of amides is 1. The molecule has 0 radical (unpaired) electrons. The number of benzene rings is 1. The maximum Gasteiger partial charge on any atom is 0.227 e. The van der Waals surface area contributed by atoms with E-state index in [2.05, 4.69) is 31.4 Å². The first-order valence-corrected chi connectivity index (χ1v) is 9.84. The van der Waals surface area contributed by atoms with Crippen LogP contribution in [0.25, 0.3) is 0 Å². The van der Waals surface area contributed by atoms with E-state index in [9.17, 15) is 4.79 Å². The Labute approximate surface area is 175 Å². The van der Waals surface area contributed by atoms with Gasteiger partial charge in [0.2, 0.25) is 5.91 Å². The van der Waals surface area contributed by atoms with Gasteiger partial charge in [-0.15, -0.1) is 0 Å². The number of hydrogen-bond donors (Lipinski definition) is 1. The summed E-state index contributed by atoms with van der Waals surface area (Å²) in [7, 11) is 0. The predicted octanol–water partition coefficient (Wildman–Crippen LogP) is 4.84. The van der Waals surface area contributed by atoms with Crippen LogP contribution in [0.2, 0.25) is 10.0 Å². The van der Waals surface area contributed by atoms with E-state index in [0.29, 0.717) is 35.4 Å². The van der Waals surface area contributed by atoms with Crippen LogP contribution < -0.4 is 5.32 Å². The van der Waals surface area contributed by atoms with E-state index in [1.165, 1.54) is 0 Å². The van der Waals surface area contributed by atoms with Crippen molar-refractivity contribution in [2.75, 3.05) is 5.32 Å². The number of carbonyl (C=O) groups is 1. The molecule has 2 aromatic heterocycles. The quantitative estimate of drug-likeness (QED) is 0.560. The van der Waals surface area contributed by atoms with E-state index in [0.717, 1.165) is 21.4 Å². The Bertz CT molecular complexity index is 982. The van der Waals surface area contributed by atoms with Crippen LogP contribution in [-0.2, 0) is 17.9 Å². The number of halogens is 3. The summed E-state index contributed by atoms with van der Waals surface area (Å²) < 4.78 is 4.53. The van der Waals surface area contributed by atoms with Crippen molar-refractivity contribution < 1.29 is 4.79 Å². The summed E-state index contributed by atoms with van der Waals surface area (Å²) in [6.07, 6.45) is 2.04. The molecule has 1 amide bonds. The van der Waals surface area contributed by atoms with E-state index in [1.54, 1.807) is 16.9 Å². The predicted molar refractivity (Wildman–Crippen MR) is 110 cm³/mol. The van der Waals surface area contributed by atoms with E-state index < -0.39 is 0 Å². The molecule has 1 aromatic carbocycles. The number of anilines is 1. The molecule has 0 aliphatic heterocycles. The van der Waals surface area contributed by atoms with Crippen LogP contribution in [0.1, 0.15) is 23.4 Å².